The van der Waals surface area contributed by atoms with Gasteiger partial charge in [0.15, 0.2) is 11.2 Å². The van der Waals surface area contributed by atoms with Gasteiger partial charge in [0.2, 0.25) is 24.3 Å². The van der Waals surface area contributed by atoms with E-state index < -0.39 is 35.9 Å². The quantitative estimate of drug-likeness (QED) is 0.566. The third kappa shape index (κ3) is 3.54. The number of esters is 2. The van der Waals surface area contributed by atoms with Crippen LogP contribution < -0.4 is 10.5 Å². The second kappa shape index (κ2) is 7.67. The minimum absolute atomic E-state index is 0.0313. The van der Waals surface area contributed by atoms with E-state index in [1.807, 2.05) is 30.3 Å². The van der Waals surface area contributed by atoms with Gasteiger partial charge in [-0.25, -0.2) is 14.5 Å². The summed E-state index contributed by atoms with van der Waals surface area (Å²) in [5, 5.41) is 0. The Bertz CT molecular complexity index is 1250. The van der Waals surface area contributed by atoms with Gasteiger partial charge in [-0.2, -0.15) is 4.98 Å². The number of anilines is 1. The Balaban J connectivity index is 1.90. The lowest BCUT2D eigenvalue weighted by molar-refractivity contribution is -0.171. The monoisotopic (exact) mass is 425 g/mol. The molecule has 2 aromatic heterocycles. The molecule has 1 aliphatic heterocycles. The summed E-state index contributed by atoms with van der Waals surface area (Å²) in [5.74, 6) is -2.09. The topological polar surface area (TPSA) is 126 Å². The Kier molecular flexibility index (Phi) is 5.01. The number of benzene rings is 1. The number of hydrogen-bond acceptors (Lipinski definition) is 8. The van der Waals surface area contributed by atoms with E-state index in [0.717, 1.165) is 28.9 Å². The molecular formula is C20H19N5O6. The predicted molar refractivity (Wildman–Crippen MR) is 107 cm³/mol. The highest BCUT2D eigenvalue weighted by atomic mass is 16.6. The molecule has 1 aromatic carbocycles. The van der Waals surface area contributed by atoms with Gasteiger partial charge in [-0.1, -0.05) is 30.3 Å². The lowest BCUT2D eigenvalue weighted by atomic mass is 10.2. The van der Waals surface area contributed by atoms with E-state index in [1.54, 1.807) is 4.57 Å². The molecule has 0 spiro atoms. The van der Waals surface area contributed by atoms with Gasteiger partial charge >= 0.3 is 11.9 Å². The fourth-order valence-electron chi connectivity index (χ4n) is 3.54. The first-order valence-corrected chi connectivity index (χ1v) is 9.43. The van der Waals surface area contributed by atoms with Crippen molar-refractivity contribution in [1.82, 2.24) is 19.1 Å². The van der Waals surface area contributed by atoms with Gasteiger partial charge in [0.05, 0.1) is 12.9 Å². The highest BCUT2D eigenvalue weighted by Gasteiger charge is 2.47. The SMILES string of the molecule is CC(=O)OC1C(OC(C)=O)n2c(nc3c(ncn3Cc3ccccc3)c2=O)N1C(C)=O. The summed E-state index contributed by atoms with van der Waals surface area (Å²) in [6.45, 7) is 3.92. The van der Waals surface area contributed by atoms with Crippen LogP contribution in [0.5, 0.6) is 0 Å². The van der Waals surface area contributed by atoms with Crippen LogP contribution in [0.2, 0.25) is 0 Å². The molecule has 0 N–H and O–H groups in total. The maximum Gasteiger partial charge on any atom is 0.304 e. The van der Waals surface area contributed by atoms with Crippen LogP contribution in [0.1, 0.15) is 32.6 Å². The molecule has 4 rings (SSSR count). The zero-order chi connectivity index (χ0) is 22.3. The van der Waals surface area contributed by atoms with Crippen molar-refractivity contribution in [3.05, 3.63) is 52.6 Å². The molecule has 11 heteroatoms. The molecule has 0 bridgehead atoms. The second-order valence-corrected chi connectivity index (χ2v) is 7.01. The molecule has 11 nitrogen and oxygen atoms in total. The van der Waals surface area contributed by atoms with Crippen molar-refractivity contribution in [2.24, 2.45) is 0 Å². The molecule has 160 valence electrons. The standard InChI is InChI=1S/C20H19N5O6/c1-11(26)24-18(30-12(2)27)19(31-13(3)28)25-17(29)15-16(22-20(24)25)23(10-21-15)9-14-7-5-4-6-8-14/h4-8,10,18-19H,9H2,1-3H3. The van der Waals surface area contributed by atoms with E-state index >= 15 is 0 Å². The van der Waals surface area contributed by atoms with Gasteiger partial charge in [-0.3, -0.25) is 19.2 Å². The summed E-state index contributed by atoms with van der Waals surface area (Å²) in [6.07, 6.45) is -1.28. The fourth-order valence-corrected chi connectivity index (χ4v) is 3.54. The highest BCUT2D eigenvalue weighted by Crippen LogP contribution is 2.34. The zero-order valence-electron chi connectivity index (χ0n) is 17.0. The van der Waals surface area contributed by atoms with Crippen molar-refractivity contribution in [3.8, 4) is 0 Å². The highest BCUT2D eigenvalue weighted by molar-refractivity contribution is 5.92. The molecule has 2 unspecified atom stereocenters. The number of ether oxygens (including phenoxy) is 2. The smallest absolute Gasteiger partial charge is 0.304 e. The summed E-state index contributed by atoms with van der Waals surface area (Å²) in [4.78, 5) is 58.7. The number of carbonyl (C=O) groups excluding carboxylic acids is 3. The number of carbonyl (C=O) groups is 3. The van der Waals surface area contributed by atoms with Crippen LogP contribution >= 0.6 is 0 Å². The molecule has 31 heavy (non-hydrogen) atoms. The van der Waals surface area contributed by atoms with E-state index in [-0.39, 0.29) is 17.1 Å². The molecule has 0 saturated heterocycles. The number of amides is 1. The van der Waals surface area contributed by atoms with Gasteiger partial charge in [-0.05, 0) is 5.56 Å². The average molecular weight is 425 g/mol. The molecule has 0 fully saturated rings. The number of aromatic nitrogens is 4. The van der Waals surface area contributed by atoms with Gasteiger partial charge < -0.3 is 14.0 Å². The predicted octanol–water partition coefficient (Wildman–Crippen LogP) is 0.959. The van der Waals surface area contributed by atoms with Crippen LogP contribution in [0.3, 0.4) is 0 Å². The Labute approximate surface area is 175 Å². The van der Waals surface area contributed by atoms with Crippen LogP contribution in [-0.2, 0) is 30.4 Å². The number of nitrogens with zero attached hydrogens (tertiary/aromatic N) is 5. The summed E-state index contributed by atoms with van der Waals surface area (Å²) >= 11 is 0. The molecule has 0 radical (unpaired) electrons. The lowest BCUT2D eigenvalue weighted by Gasteiger charge is -2.24. The molecule has 1 aliphatic rings. The third-order valence-electron chi connectivity index (χ3n) is 4.73. The summed E-state index contributed by atoms with van der Waals surface area (Å²) in [5.41, 5.74) is 0.613. The van der Waals surface area contributed by atoms with Crippen LogP contribution in [-0.4, -0.2) is 43.2 Å². The number of hydrogen-bond donors (Lipinski definition) is 0. The Hall–Kier alpha value is -4.02. The van der Waals surface area contributed by atoms with Crippen LogP contribution in [0.25, 0.3) is 11.2 Å². The molecule has 0 aliphatic carbocycles. The van der Waals surface area contributed by atoms with Gasteiger partial charge in [0.1, 0.15) is 0 Å². The fraction of sp³-hybridized carbons (Fsp3) is 0.300. The van der Waals surface area contributed by atoms with E-state index in [0.29, 0.717) is 6.54 Å². The summed E-state index contributed by atoms with van der Waals surface area (Å²) in [6, 6.07) is 9.50. The van der Waals surface area contributed by atoms with E-state index in [9.17, 15) is 19.2 Å². The molecular weight excluding hydrogens is 406 g/mol. The minimum Gasteiger partial charge on any atom is -0.435 e. The third-order valence-corrected chi connectivity index (χ3v) is 4.73. The van der Waals surface area contributed by atoms with E-state index in [1.165, 1.54) is 13.3 Å². The normalized spacial score (nSPS) is 17.5. The maximum absolute atomic E-state index is 13.3. The molecule has 2 atom stereocenters. The summed E-state index contributed by atoms with van der Waals surface area (Å²) < 4.78 is 13.2. The van der Waals surface area contributed by atoms with Gasteiger partial charge in [0, 0.05) is 20.8 Å². The van der Waals surface area contributed by atoms with Crippen LogP contribution in [0.4, 0.5) is 5.95 Å². The lowest BCUT2D eigenvalue weighted by Crippen LogP contribution is -2.42. The molecule has 1 amide bonds. The van der Waals surface area contributed by atoms with Crippen molar-refractivity contribution in [2.75, 3.05) is 4.90 Å². The first-order chi connectivity index (χ1) is 14.8. The van der Waals surface area contributed by atoms with Crippen molar-refractivity contribution in [2.45, 2.75) is 39.8 Å². The number of rotatable bonds is 4. The number of fused-ring (bicyclic) bond motifs is 2. The molecule has 0 saturated carbocycles. The zero-order valence-corrected chi connectivity index (χ0v) is 17.0. The Morgan fingerprint density at radius 1 is 1.00 bits per heavy atom. The summed E-state index contributed by atoms with van der Waals surface area (Å²) in [7, 11) is 0. The Morgan fingerprint density at radius 3 is 2.26 bits per heavy atom. The van der Waals surface area contributed by atoms with Crippen LogP contribution in [0.15, 0.2) is 41.5 Å². The van der Waals surface area contributed by atoms with Gasteiger partial charge in [0.25, 0.3) is 5.56 Å². The van der Waals surface area contributed by atoms with Crippen LogP contribution in [0, 0.1) is 0 Å². The maximum atomic E-state index is 13.3. The van der Waals surface area contributed by atoms with Crippen molar-refractivity contribution in [3.63, 3.8) is 0 Å². The van der Waals surface area contributed by atoms with E-state index in [4.69, 9.17) is 9.47 Å². The first kappa shape index (κ1) is 20.3. The minimum atomic E-state index is -1.39. The van der Waals surface area contributed by atoms with Crippen molar-refractivity contribution in [1.29, 1.82) is 0 Å². The van der Waals surface area contributed by atoms with Gasteiger partial charge in [-0.15, -0.1) is 0 Å². The van der Waals surface area contributed by atoms with Crippen molar-refractivity contribution >= 4 is 35.0 Å². The van der Waals surface area contributed by atoms with E-state index in [2.05, 4.69) is 9.97 Å². The Morgan fingerprint density at radius 2 is 1.65 bits per heavy atom. The first-order valence-electron chi connectivity index (χ1n) is 9.43. The second-order valence-electron chi connectivity index (χ2n) is 7.01. The molecule has 3 heterocycles. The average Bonchev–Trinajstić information content (AvgIpc) is 3.22. The van der Waals surface area contributed by atoms with Crippen molar-refractivity contribution < 1.29 is 23.9 Å². The number of imidazole rings is 1. The largest absolute Gasteiger partial charge is 0.435 e. The molecule has 3 aromatic rings.